The Morgan fingerprint density at radius 2 is 0.905 bits per heavy atom. The molecular formula is C49H85O13P. The van der Waals surface area contributed by atoms with E-state index in [4.69, 9.17) is 18.5 Å². The van der Waals surface area contributed by atoms with Crippen LogP contribution >= 0.6 is 7.82 Å². The molecule has 14 heteroatoms. The number of phosphoric ester groups is 1. The average molecular weight is 913 g/mol. The summed E-state index contributed by atoms with van der Waals surface area (Å²) in [7, 11) is -5.13. The number of carbonyl (C=O) groups excluding carboxylic acids is 2. The lowest BCUT2D eigenvalue weighted by Crippen LogP contribution is -2.64. The molecule has 0 aromatic heterocycles. The first kappa shape index (κ1) is 58.6. The monoisotopic (exact) mass is 913 g/mol. The van der Waals surface area contributed by atoms with Crippen molar-refractivity contribution in [1.29, 1.82) is 0 Å². The highest BCUT2D eigenvalue weighted by Crippen LogP contribution is 2.47. The van der Waals surface area contributed by atoms with Gasteiger partial charge in [0.1, 0.15) is 43.2 Å². The molecule has 0 aliphatic heterocycles. The first-order valence-electron chi connectivity index (χ1n) is 24.1. The number of rotatable bonds is 39. The lowest BCUT2D eigenvalue weighted by atomic mass is 9.85. The van der Waals surface area contributed by atoms with Crippen LogP contribution in [0.15, 0.2) is 60.8 Å². The molecule has 364 valence electrons. The molecule has 0 amide bonds. The van der Waals surface area contributed by atoms with E-state index >= 15 is 0 Å². The van der Waals surface area contributed by atoms with Crippen molar-refractivity contribution >= 4 is 19.8 Å². The van der Waals surface area contributed by atoms with Crippen LogP contribution in [-0.2, 0) is 32.7 Å². The van der Waals surface area contributed by atoms with E-state index in [0.29, 0.717) is 12.8 Å². The van der Waals surface area contributed by atoms with Gasteiger partial charge in [-0.05, 0) is 57.8 Å². The highest BCUT2D eigenvalue weighted by molar-refractivity contribution is 7.47. The summed E-state index contributed by atoms with van der Waals surface area (Å²) < 4.78 is 33.5. The van der Waals surface area contributed by atoms with Gasteiger partial charge in [-0.15, -0.1) is 0 Å². The number of unbranched alkanes of at least 4 members (excludes halogenated alkanes) is 17. The molecule has 0 saturated heterocycles. The summed E-state index contributed by atoms with van der Waals surface area (Å²) in [6.07, 6.45) is 34.1. The minimum atomic E-state index is -5.13. The number of aliphatic hydroxyl groups excluding tert-OH is 5. The molecule has 0 radical (unpaired) electrons. The second kappa shape index (κ2) is 38.8. The minimum absolute atomic E-state index is 0.0566. The quantitative estimate of drug-likeness (QED) is 0.0147. The molecule has 0 spiro atoms. The molecule has 63 heavy (non-hydrogen) atoms. The number of phosphoric acid groups is 1. The van der Waals surface area contributed by atoms with Gasteiger partial charge in [-0.1, -0.05) is 171 Å². The molecule has 0 aromatic rings. The molecular weight excluding hydrogens is 828 g/mol. The molecule has 8 atom stereocenters. The Morgan fingerprint density at radius 1 is 0.508 bits per heavy atom. The normalized spacial score (nSPS) is 22.2. The fourth-order valence-electron chi connectivity index (χ4n) is 7.02. The number of hydrogen-bond acceptors (Lipinski definition) is 12. The van der Waals surface area contributed by atoms with Crippen LogP contribution in [0.25, 0.3) is 0 Å². The third kappa shape index (κ3) is 31.2. The van der Waals surface area contributed by atoms with E-state index in [1.54, 1.807) is 0 Å². The predicted molar refractivity (Wildman–Crippen MR) is 249 cm³/mol. The maximum Gasteiger partial charge on any atom is 0.472 e. The summed E-state index contributed by atoms with van der Waals surface area (Å²) in [6, 6.07) is 0. The van der Waals surface area contributed by atoms with Gasteiger partial charge >= 0.3 is 19.8 Å². The fraction of sp³-hybridized carbons (Fsp3) is 0.755. The lowest BCUT2D eigenvalue weighted by Gasteiger charge is -2.41. The number of allylic oxidation sites excluding steroid dienone is 10. The standard InChI is InChI=1S/C49H85O13P/c1-3-5-7-9-11-13-15-17-19-20-21-22-24-26-28-30-32-34-36-38-43(51)61-41(40-60-63(57,58)62-49-47(55)45(53)44(52)46(54)48(49)56)39-59-42(50)37-35-33-31-29-27-25-23-18-16-14-12-10-8-6-4-2/h5,7,11,13,17,19,21-22,26,28,41,44-49,52-56H,3-4,6,8-10,12,14-16,18,20,23-25,27,29-40H2,1-2H3,(H,57,58)/b7-5-,13-11-,19-17-,22-21-,28-26-/t41-,44?,45-,46+,47-,48-,49?/m1/s1. The van der Waals surface area contributed by atoms with Gasteiger partial charge in [0.05, 0.1) is 6.61 Å². The van der Waals surface area contributed by atoms with Gasteiger partial charge in [0, 0.05) is 12.8 Å². The van der Waals surface area contributed by atoms with E-state index in [0.717, 1.165) is 70.6 Å². The Labute approximate surface area is 379 Å². The lowest BCUT2D eigenvalue weighted by molar-refractivity contribution is -0.220. The van der Waals surface area contributed by atoms with E-state index in [-0.39, 0.29) is 12.8 Å². The zero-order valence-corrected chi connectivity index (χ0v) is 39.5. The molecule has 13 nitrogen and oxygen atoms in total. The van der Waals surface area contributed by atoms with Crippen molar-refractivity contribution in [2.75, 3.05) is 13.2 Å². The van der Waals surface area contributed by atoms with E-state index < -0.39 is 75.7 Å². The molecule has 6 N–H and O–H groups in total. The van der Waals surface area contributed by atoms with E-state index in [9.17, 15) is 44.6 Å². The summed E-state index contributed by atoms with van der Waals surface area (Å²) in [4.78, 5) is 35.7. The van der Waals surface area contributed by atoms with Crippen LogP contribution in [0.4, 0.5) is 0 Å². The van der Waals surface area contributed by atoms with Crippen molar-refractivity contribution < 1.29 is 63.1 Å². The zero-order valence-electron chi connectivity index (χ0n) is 38.6. The molecule has 1 aliphatic carbocycles. The van der Waals surface area contributed by atoms with Crippen LogP contribution in [0, 0.1) is 0 Å². The summed E-state index contributed by atoms with van der Waals surface area (Å²) >= 11 is 0. The Hall–Kier alpha value is -2.45. The van der Waals surface area contributed by atoms with Crippen LogP contribution in [-0.4, -0.2) is 98.3 Å². The largest absolute Gasteiger partial charge is 0.472 e. The highest BCUT2D eigenvalue weighted by Gasteiger charge is 2.51. The third-order valence-corrected chi connectivity index (χ3v) is 11.9. The number of aliphatic hydroxyl groups is 5. The topological polar surface area (TPSA) is 210 Å². The number of esters is 2. The molecule has 1 aliphatic rings. The number of hydrogen-bond donors (Lipinski definition) is 6. The fourth-order valence-corrected chi connectivity index (χ4v) is 7.99. The summed E-state index contributed by atoms with van der Waals surface area (Å²) in [5.74, 6) is -1.14. The molecule has 1 saturated carbocycles. The summed E-state index contributed by atoms with van der Waals surface area (Å²) in [5.41, 5.74) is 0. The molecule has 0 bridgehead atoms. The SMILES string of the molecule is CC/C=C\C/C=C\C/C=C\C/C=C\C/C=C\CCCCCC(=O)O[C@H](COC(=O)CCCCCCCCCCCCCCCCC)COP(=O)(O)OC1[C@H](O)[C@H](O)C(O)[C@H](O)[C@H]1O. The van der Waals surface area contributed by atoms with E-state index in [1.807, 2.05) is 0 Å². The van der Waals surface area contributed by atoms with Crippen molar-refractivity contribution in [3.63, 3.8) is 0 Å². The minimum Gasteiger partial charge on any atom is -0.462 e. The van der Waals surface area contributed by atoms with Crippen LogP contribution in [0.3, 0.4) is 0 Å². The Morgan fingerprint density at radius 3 is 1.38 bits per heavy atom. The van der Waals surface area contributed by atoms with Gasteiger partial charge in [0.25, 0.3) is 0 Å². The van der Waals surface area contributed by atoms with Crippen molar-refractivity contribution in [3.8, 4) is 0 Å². The van der Waals surface area contributed by atoms with Gasteiger partial charge in [0.15, 0.2) is 6.10 Å². The van der Waals surface area contributed by atoms with Gasteiger partial charge in [0.2, 0.25) is 0 Å². The van der Waals surface area contributed by atoms with Crippen LogP contribution < -0.4 is 0 Å². The first-order valence-corrected chi connectivity index (χ1v) is 25.6. The van der Waals surface area contributed by atoms with Crippen LogP contribution in [0.2, 0.25) is 0 Å². The van der Waals surface area contributed by atoms with Crippen LogP contribution in [0.5, 0.6) is 0 Å². The second-order valence-corrected chi connectivity index (χ2v) is 18.0. The number of ether oxygens (including phenoxy) is 2. The van der Waals surface area contributed by atoms with Gasteiger partial charge in [-0.3, -0.25) is 18.6 Å². The van der Waals surface area contributed by atoms with Crippen molar-refractivity contribution in [1.82, 2.24) is 0 Å². The number of carbonyl (C=O) groups is 2. The molecule has 0 aromatic carbocycles. The van der Waals surface area contributed by atoms with Crippen molar-refractivity contribution in [2.45, 2.75) is 224 Å². The summed E-state index contributed by atoms with van der Waals surface area (Å²) in [5, 5.41) is 50.2. The Kier molecular flexibility index (Phi) is 36.1. The first-order chi connectivity index (χ1) is 30.4. The second-order valence-electron chi connectivity index (χ2n) is 16.6. The van der Waals surface area contributed by atoms with E-state index in [2.05, 4.69) is 74.6 Å². The predicted octanol–water partition coefficient (Wildman–Crippen LogP) is 9.73. The third-order valence-electron chi connectivity index (χ3n) is 10.9. The maximum atomic E-state index is 12.8. The molecule has 3 unspecified atom stereocenters. The smallest absolute Gasteiger partial charge is 0.462 e. The molecule has 1 rings (SSSR count). The average Bonchev–Trinajstić information content (AvgIpc) is 3.26. The highest BCUT2D eigenvalue weighted by atomic mass is 31.2. The molecule has 0 heterocycles. The molecule has 1 fully saturated rings. The summed E-state index contributed by atoms with van der Waals surface area (Å²) in [6.45, 7) is 3.17. The van der Waals surface area contributed by atoms with Gasteiger partial charge in [-0.25, -0.2) is 4.57 Å². The van der Waals surface area contributed by atoms with Crippen LogP contribution in [0.1, 0.15) is 181 Å². The van der Waals surface area contributed by atoms with Gasteiger partial charge < -0.3 is 39.9 Å². The van der Waals surface area contributed by atoms with E-state index in [1.165, 1.54) is 70.6 Å². The zero-order chi connectivity index (χ0) is 46.4. The van der Waals surface area contributed by atoms with Crippen molar-refractivity contribution in [2.24, 2.45) is 0 Å². The maximum absolute atomic E-state index is 12.8. The van der Waals surface area contributed by atoms with Crippen molar-refractivity contribution in [3.05, 3.63) is 60.8 Å². The Bertz CT molecular complexity index is 1330. The Balaban J connectivity index is 2.47. The van der Waals surface area contributed by atoms with Gasteiger partial charge in [-0.2, -0.15) is 0 Å².